The SMILES string of the molecule is NC1[C@@H](O[C@@H]2CO[C@@H](O[C@H]3C(CO)O[C@H](O[C@@H]4CO[C@@H](O[C@@H]5C(COS(=O)(=O)O)O[C@H](O)C(N)[C@H]5O)C[C@@H]4O)C(N)[C@H]3O)C[C@@H]2O)OC(CO)[C@@H](O[C@H]2C[C@H](O)[C@H](O[C@@H]3OC(COS(=O)(=O)O)[C@H](O[C@H]4C[C@H](O)[C@H](O)CO4)[C@H](O)C3N)CO2)[C@@H]1O. The summed E-state index contributed by atoms with van der Waals surface area (Å²) in [7, 11) is -10.0. The van der Waals surface area contributed by atoms with Gasteiger partial charge in [-0.25, -0.2) is 8.37 Å². The van der Waals surface area contributed by atoms with Crippen LogP contribution in [0, 0.1) is 0 Å². The molecular weight excluding hydrogens is 1210 g/mol. The van der Waals surface area contributed by atoms with Crippen LogP contribution in [0.15, 0.2) is 0 Å². The molecule has 85 heavy (non-hydrogen) atoms. The van der Waals surface area contributed by atoms with Gasteiger partial charge in [-0.15, -0.1) is 0 Å². The average molecular weight is 1290 g/mol. The molecule has 0 amide bonds. The Morgan fingerprint density at radius 1 is 0.376 bits per heavy atom. The first-order valence-corrected chi connectivity index (χ1v) is 29.7. The largest absolute Gasteiger partial charge is 0.397 e. The van der Waals surface area contributed by atoms with E-state index in [0.717, 1.165) is 0 Å². The topological polar surface area (TPSA) is 612 Å². The second-order valence-electron chi connectivity index (χ2n) is 21.5. The molecule has 0 radical (unpaired) electrons. The fourth-order valence-corrected chi connectivity index (χ4v) is 11.2. The molecule has 8 aliphatic rings. The summed E-state index contributed by atoms with van der Waals surface area (Å²) in [6, 6.07) is -5.69. The number of aliphatic hydroxyl groups excluding tert-OH is 12. The van der Waals surface area contributed by atoms with Crippen LogP contribution in [0.5, 0.6) is 0 Å². The second kappa shape index (κ2) is 29.8. The lowest BCUT2D eigenvalue weighted by atomic mass is 9.96. The highest BCUT2D eigenvalue weighted by atomic mass is 32.3. The number of ether oxygens (including phenoxy) is 15. The van der Waals surface area contributed by atoms with Crippen molar-refractivity contribution in [1.82, 2.24) is 0 Å². The van der Waals surface area contributed by atoms with Crippen LogP contribution in [0.25, 0.3) is 0 Å². The summed E-state index contributed by atoms with van der Waals surface area (Å²) in [5.41, 5.74) is 24.7. The van der Waals surface area contributed by atoms with E-state index in [0.29, 0.717) is 0 Å². The van der Waals surface area contributed by atoms with Crippen LogP contribution in [-0.4, -0.2) is 337 Å². The molecule has 0 aromatic heterocycles. The quantitative estimate of drug-likeness (QED) is 0.0448. The summed E-state index contributed by atoms with van der Waals surface area (Å²) >= 11 is 0. The molecule has 8 unspecified atom stereocenters. The summed E-state index contributed by atoms with van der Waals surface area (Å²) in [5.74, 6) is 0. The highest BCUT2D eigenvalue weighted by Gasteiger charge is 2.54. The molecule has 0 bridgehead atoms. The van der Waals surface area contributed by atoms with Crippen molar-refractivity contribution >= 4 is 20.8 Å². The molecule has 8 rings (SSSR count). The molecule has 496 valence electrons. The molecule has 22 N–H and O–H groups in total. The predicted octanol–water partition coefficient (Wildman–Crippen LogP) is -12.3. The Balaban J connectivity index is 0.777. The van der Waals surface area contributed by atoms with Crippen LogP contribution in [0.3, 0.4) is 0 Å². The van der Waals surface area contributed by atoms with Gasteiger partial charge in [0.25, 0.3) is 0 Å². The predicted molar refractivity (Wildman–Crippen MR) is 264 cm³/mol. The van der Waals surface area contributed by atoms with Gasteiger partial charge in [-0.05, 0) is 0 Å². The Morgan fingerprint density at radius 2 is 0.671 bits per heavy atom. The molecule has 0 aromatic carbocycles. The Morgan fingerprint density at radius 3 is 0.988 bits per heavy atom. The van der Waals surface area contributed by atoms with Crippen molar-refractivity contribution < 1.29 is 167 Å². The average Bonchev–Trinajstić information content (AvgIpc) is 3.58. The van der Waals surface area contributed by atoms with E-state index >= 15 is 0 Å². The lowest BCUT2D eigenvalue weighted by Crippen LogP contribution is -2.66. The minimum Gasteiger partial charge on any atom is -0.394 e. The number of hydrogen-bond donors (Lipinski definition) is 18. The van der Waals surface area contributed by atoms with Gasteiger partial charge in [-0.2, -0.15) is 16.8 Å². The van der Waals surface area contributed by atoms with Crippen LogP contribution in [0.4, 0.5) is 0 Å². The van der Waals surface area contributed by atoms with E-state index in [9.17, 15) is 82.7 Å². The van der Waals surface area contributed by atoms with Gasteiger partial charge in [-0.1, -0.05) is 0 Å². The minimum absolute atomic E-state index is 0.257. The lowest BCUT2D eigenvalue weighted by Gasteiger charge is -2.47. The summed E-state index contributed by atoms with van der Waals surface area (Å²) in [6.07, 6.45) is -41.2. The maximum Gasteiger partial charge on any atom is 0.397 e. The lowest BCUT2D eigenvalue weighted by molar-refractivity contribution is -0.350. The fraction of sp³-hybridized carbons (Fsp3) is 1.00. The minimum atomic E-state index is -5.04. The Hall–Kier alpha value is -1.50. The fourth-order valence-electron chi connectivity index (χ4n) is 10.6. The van der Waals surface area contributed by atoms with Crippen molar-refractivity contribution in [3.8, 4) is 0 Å². The summed E-state index contributed by atoms with van der Waals surface area (Å²) in [5, 5.41) is 129. The van der Waals surface area contributed by atoms with E-state index in [2.05, 4.69) is 8.37 Å². The molecule has 0 spiro atoms. The highest BCUT2D eigenvalue weighted by molar-refractivity contribution is 7.81. The first-order valence-electron chi connectivity index (χ1n) is 27.0. The van der Waals surface area contributed by atoms with Crippen LogP contribution in [0.1, 0.15) is 25.7 Å². The first-order chi connectivity index (χ1) is 40.0. The highest BCUT2D eigenvalue weighted by Crippen LogP contribution is 2.35. The van der Waals surface area contributed by atoms with Crippen molar-refractivity contribution in [2.24, 2.45) is 22.9 Å². The van der Waals surface area contributed by atoms with E-state index in [1.807, 2.05) is 0 Å². The van der Waals surface area contributed by atoms with Crippen LogP contribution < -0.4 is 22.9 Å². The zero-order valence-electron chi connectivity index (χ0n) is 44.9. The summed E-state index contributed by atoms with van der Waals surface area (Å²) < 4.78 is 159. The zero-order chi connectivity index (χ0) is 62.0. The van der Waals surface area contributed by atoms with Gasteiger partial charge in [0.1, 0.15) is 97.7 Å². The Kier molecular flexibility index (Phi) is 24.4. The van der Waals surface area contributed by atoms with Gasteiger partial charge in [0.05, 0.1) is 101 Å². The molecule has 32 atom stereocenters. The third-order valence-electron chi connectivity index (χ3n) is 15.4. The monoisotopic (exact) mass is 1290 g/mol. The van der Waals surface area contributed by atoms with E-state index in [4.69, 9.17) is 98.5 Å². The zero-order valence-corrected chi connectivity index (χ0v) is 46.6. The number of rotatable bonds is 22. The van der Waals surface area contributed by atoms with Crippen molar-refractivity contribution in [2.75, 3.05) is 52.9 Å². The number of nitrogens with two attached hydrogens (primary N) is 4. The maximum atomic E-state index is 11.5. The van der Waals surface area contributed by atoms with E-state index in [-0.39, 0.29) is 32.3 Å². The normalized spacial score (nSPS) is 48.9. The molecule has 8 saturated heterocycles. The van der Waals surface area contributed by atoms with Crippen LogP contribution >= 0.6 is 0 Å². The molecule has 0 aromatic rings. The first kappa shape index (κ1) is 69.4. The standard InChI is InChI=1S/C44H78N4O35S2/c45-29-33(56)39(23(73-41(29)60)11-71-84(61,62)63)83-28-4-16(54)21(9-70-28)77-43-31(47)35(58)37(18(5-49)75-43)80-26-2-14(52)20(8-68-26)76-42-30(46)34(57)38(19(6-50)74-42)81-27-3-15(53)22(10-69-27)78-44-32(48)36(59)40(24(79-44)12-72-85(64,65)66)82-25-1-13(51)17(55)7-67-25/h13-44,49-60H,1-12,45-48H2,(H,61,62,63)(H,64,65,66)/t13-,14-,15-,16-,17+,18?,19?,20+,21+,22+,23?,24?,25-,26-,27-,28-,29?,30?,31?,32?,33+,34+,35+,36+,37-,38+,39+,40-,41-,42+,43+,44+/m0/s1. The van der Waals surface area contributed by atoms with Crippen LogP contribution in [0.2, 0.25) is 0 Å². The third-order valence-corrected chi connectivity index (χ3v) is 16.3. The van der Waals surface area contributed by atoms with Gasteiger partial charge in [-0.3, -0.25) is 9.11 Å². The van der Waals surface area contributed by atoms with E-state index in [1.54, 1.807) is 0 Å². The van der Waals surface area contributed by atoms with Gasteiger partial charge in [0.15, 0.2) is 50.3 Å². The molecular formula is C44H78N4O35S2. The second-order valence-corrected chi connectivity index (χ2v) is 23.7. The molecule has 8 fully saturated rings. The van der Waals surface area contributed by atoms with E-state index in [1.165, 1.54) is 0 Å². The summed E-state index contributed by atoms with van der Waals surface area (Å²) in [6.45, 7) is -4.99. The number of hydrogen-bond acceptors (Lipinski definition) is 37. The van der Waals surface area contributed by atoms with Gasteiger partial charge in [0, 0.05) is 25.7 Å². The van der Waals surface area contributed by atoms with Gasteiger partial charge >= 0.3 is 20.8 Å². The maximum absolute atomic E-state index is 11.5. The van der Waals surface area contributed by atoms with Gasteiger partial charge in [0.2, 0.25) is 0 Å². The smallest absolute Gasteiger partial charge is 0.394 e. The van der Waals surface area contributed by atoms with Crippen molar-refractivity contribution in [3.05, 3.63) is 0 Å². The molecule has 39 nitrogen and oxygen atoms in total. The molecule has 0 aliphatic carbocycles. The van der Waals surface area contributed by atoms with E-state index < -0.39 is 264 Å². The summed E-state index contributed by atoms with van der Waals surface area (Å²) in [4.78, 5) is 0. The molecule has 8 heterocycles. The number of aliphatic hydroxyl groups is 12. The Bertz CT molecular complexity index is 2310. The van der Waals surface area contributed by atoms with Gasteiger partial charge < -0.3 is 155 Å². The Labute approximate surface area is 484 Å². The third kappa shape index (κ3) is 17.6. The molecule has 41 heteroatoms. The molecule has 8 aliphatic heterocycles. The van der Waals surface area contributed by atoms with Crippen LogP contribution in [-0.2, 0) is 100 Å². The van der Waals surface area contributed by atoms with Crippen molar-refractivity contribution in [2.45, 2.75) is 222 Å². The molecule has 0 saturated carbocycles. The van der Waals surface area contributed by atoms with Crippen molar-refractivity contribution in [3.63, 3.8) is 0 Å². The van der Waals surface area contributed by atoms with Crippen molar-refractivity contribution in [1.29, 1.82) is 0 Å².